The summed E-state index contributed by atoms with van der Waals surface area (Å²) in [7, 11) is 0. The average molecular weight is 331 g/mol. The summed E-state index contributed by atoms with van der Waals surface area (Å²) < 4.78 is 37.9. The van der Waals surface area contributed by atoms with Crippen molar-refractivity contribution in [2.24, 2.45) is 0 Å². The fourth-order valence-corrected chi connectivity index (χ4v) is 2.42. The maximum absolute atomic E-state index is 12.7. The fraction of sp³-hybridized carbons (Fsp3) is 0.0909. The summed E-state index contributed by atoms with van der Waals surface area (Å²) in [6.07, 6.45) is -2.95. The van der Waals surface area contributed by atoms with Gasteiger partial charge in [-0.3, -0.25) is 5.10 Å². The van der Waals surface area contributed by atoms with Crippen molar-refractivity contribution in [3.63, 3.8) is 0 Å². The third kappa shape index (κ3) is 2.01. The summed E-state index contributed by atoms with van der Waals surface area (Å²) in [5, 5.41) is 5.72. The largest absolute Gasteiger partial charge is 0.433 e. The Morgan fingerprint density at radius 2 is 2.00 bits per heavy atom. The highest BCUT2D eigenvalue weighted by molar-refractivity contribution is 9.10. The molecule has 0 aliphatic rings. The summed E-state index contributed by atoms with van der Waals surface area (Å²) in [5.74, 6) is 0. The molecule has 2 aromatic heterocycles. The van der Waals surface area contributed by atoms with Crippen LogP contribution in [0.25, 0.3) is 22.3 Å². The fourth-order valence-electron chi connectivity index (χ4n) is 1.79. The summed E-state index contributed by atoms with van der Waals surface area (Å²) >= 11 is 2.94. The zero-order valence-electron chi connectivity index (χ0n) is 9.22. The molecule has 3 rings (SSSR count). The molecule has 0 fully saturated rings. The minimum atomic E-state index is -4.47. The predicted molar refractivity (Wildman–Crippen MR) is 66.4 cm³/mol. The number of benzene rings is 1. The molecular weight excluding hydrogens is 325 g/mol. The van der Waals surface area contributed by atoms with E-state index >= 15 is 0 Å². The van der Waals surface area contributed by atoms with Crippen LogP contribution in [0.3, 0.4) is 0 Å². The summed E-state index contributed by atoms with van der Waals surface area (Å²) in [4.78, 5) is 6.94. The van der Waals surface area contributed by atoms with E-state index in [1.165, 1.54) is 6.33 Å². The van der Waals surface area contributed by atoms with Gasteiger partial charge in [-0.2, -0.15) is 18.3 Å². The number of rotatable bonds is 1. The first-order valence-electron chi connectivity index (χ1n) is 5.21. The average Bonchev–Trinajstić information content (AvgIpc) is 2.92. The summed E-state index contributed by atoms with van der Waals surface area (Å²) in [6, 6.07) is 5.09. The molecule has 0 radical (unpaired) electrons. The van der Waals surface area contributed by atoms with Crippen molar-refractivity contribution < 1.29 is 13.2 Å². The van der Waals surface area contributed by atoms with Gasteiger partial charge < -0.3 is 4.98 Å². The Morgan fingerprint density at radius 3 is 2.68 bits per heavy atom. The first kappa shape index (κ1) is 12.2. The molecule has 0 atom stereocenters. The zero-order valence-corrected chi connectivity index (χ0v) is 10.8. The van der Waals surface area contributed by atoms with Gasteiger partial charge in [0.2, 0.25) is 0 Å². The standard InChI is InChI=1S/C11H6BrF3N4/c12-8-9(18-19-10(8)11(13,14)15)5-1-2-6-7(3-5)17-4-16-6/h1-4H,(H,16,17)(H,18,19). The van der Waals surface area contributed by atoms with Gasteiger partial charge in [-0.05, 0) is 28.1 Å². The zero-order chi connectivity index (χ0) is 13.6. The van der Waals surface area contributed by atoms with Crippen molar-refractivity contribution in [2.45, 2.75) is 6.18 Å². The second-order valence-electron chi connectivity index (χ2n) is 3.89. The Bertz CT molecular complexity index is 744. The van der Waals surface area contributed by atoms with E-state index in [1.807, 2.05) is 5.10 Å². The second kappa shape index (κ2) is 4.09. The number of imidazole rings is 1. The molecular formula is C11H6BrF3N4. The quantitative estimate of drug-likeness (QED) is 0.714. The van der Waals surface area contributed by atoms with E-state index in [1.54, 1.807) is 18.2 Å². The number of alkyl halides is 3. The number of H-pyrrole nitrogens is 2. The Hall–Kier alpha value is -1.83. The molecule has 0 saturated heterocycles. The lowest BCUT2D eigenvalue weighted by atomic mass is 10.1. The van der Waals surface area contributed by atoms with Gasteiger partial charge in [0.15, 0.2) is 5.69 Å². The number of nitrogens with zero attached hydrogens (tertiary/aromatic N) is 2. The second-order valence-corrected chi connectivity index (χ2v) is 4.69. The number of halogens is 4. The molecule has 0 spiro atoms. The highest BCUT2D eigenvalue weighted by atomic mass is 79.9. The van der Waals surface area contributed by atoms with Gasteiger partial charge in [0.1, 0.15) is 5.69 Å². The molecule has 0 aliphatic carbocycles. The number of nitrogens with one attached hydrogen (secondary N) is 2. The van der Waals surface area contributed by atoms with Crippen LogP contribution in [0, 0.1) is 0 Å². The first-order valence-corrected chi connectivity index (χ1v) is 6.00. The van der Waals surface area contributed by atoms with Gasteiger partial charge in [0, 0.05) is 5.56 Å². The molecule has 98 valence electrons. The summed E-state index contributed by atoms with van der Waals surface area (Å²) in [6.45, 7) is 0. The molecule has 4 nitrogen and oxygen atoms in total. The van der Waals surface area contributed by atoms with Crippen molar-refractivity contribution in [2.75, 3.05) is 0 Å². The van der Waals surface area contributed by atoms with E-state index in [-0.39, 0.29) is 10.2 Å². The molecule has 0 saturated carbocycles. The van der Waals surface area contributed by atoms with Crippen molar-refractivity contribution in [1.29, 1.82) is 0 Å². The van der Waals surface area contributed by atoms with Crippen LogP contribution in [0.15, 0.2) is 29.0 Å². The lowest BCUT2D eigenvalue weighted by Crippen LogP contribution is -2.06. The Morgan fingerprint density at radius 1 is 1.21 bits per heavy atom. The number of fused-ring (bicyclic) bond motifs is 1. The molecule has 0 bridgehead atoms. The van der Waals surface area contributed by atoms with Gasteiger partial charge in [-0.25, -0.2) is 4.98 Å². The van der Waals surface area contributed by atoms with Crippen molar-refractivity contribution in [3.8, 4) is 11.3 Å². The first-order chi connectivity index (χ1) is 8.97. The van der Waals surface area contributed by atoms with E-state index in [0.717, 1.165) is 11.0 Å². The SMILES string of the molecule is FC(F)(F)c1[nH]nc(-c2ccc3nc[nH]c3c2)c1Br. The molecule has 8 heteroatoms. The third-order valence-corrected chi connectivity index (χ3v) is 3.46. The van der Waals surface area contributed by atoms with Gasteiger partial charge in [0.25, 0.3) is 0 Å². The van der Waals surface area contributed by atoms with Crippen LogP contribution in [0.2, 0.25) is 0 Å². The van der Waals surface area contributed by atoms with E-state index < -0.39 is 11.9 Å². The molecule has 0 aliphatic heterocycles. The van der Waals surface area contributed by atoms with Crippen LogP contribution < -0.4 is 0 Å². The molecule has 2 heterocycles. The molecule has 19 heavy (non-hydrogen) atoms. The van der Waals surface area contributed by atoms with Gasteiger partial charge in [0.05, 0.1) is 21.8 Å². The van der Waals surface area contributed by atoms with E-state index in [4.69, 9.17) is 0 Å². The van der Waals surface area contributed by atoms with Crippen LogP contribution in [0.4, 0.5) is 13.2 Å². The molecule has 3 aromatic rings. The number of hydrogen-bond donors (Lipinski definition) is 2. The Balaban J connectivity index is 2.14. The normalized spacial score (nSPS) is 12.2. The third-order valence-electron chi connectivity index (χ3n) is 2.68. The van der Waals surface area contributed by atoms with Crippen LogP contribution in [-0.2, 0) is 6.18 Å². The van der Waals surface area contributed by atoms with Gasteiger partial charge in [-0.15, -0.1) is 0 Å². The van der Waals surface area contributed by atoms with E-state index in [0.29, 0.717) is 5.56 Å². The number of hydrogen-bond acceptors (Lipinski definition) is 2. The summed E-state index contributed by atoms with van der Waals surface area (Å²) in [5.41, 5.74) is 1.36. The van der Waals surface area contributed by atoms with Crippen LogP contribution >= 0.6 is 15.9 Å². The van der Waals surface area contributed by atoms with Gasteiger partial charge in [-0.1, -0.05) is 6.07 Å². The van der Waals surface area contributed by atoms with Crippen LogP contribution in [0.5, 0.6) is 0 Å². The molecule has 0 unspecified atom stereocenters. The Kier molecular flexibility index (Phi) is 2.63. The lowest BCUT2D eigenvalue weighted by Gasteiger charge is -2.03. The number of aromatic amines is 2. The van der Waals surface area contributed by atoms with Crippen molar-refractivity contribution in [3.05, 3.63) is 34.7 Å². The topological polar surface area (TPSA) is 57.4 Å². The van der Waals surface area contributed by atoms with Crippen molar-refractivity contribution in [1.82, 2.24) is 20.2 Å². The minimum Gasteiger partial charge on any atom is -0.345 e. The molecule has 2 N–H and O–H groups in total. The maximum Gasteiger partial charge on any atom is 0.433 e. The highest BCUT2D eigenvalue weighted by Gasteiger charge is 2.36. The molecule has 0 amide bonds. The predicted octanol–water partition coefficient (Wildman–Crippen LogP) is 3.73. The maximum atomic E-state index is 12.7. The Labute approximate surface area is 113 Å². The number of aromatic nitrogens is 4. The smallest absolute Gasteiger partial charge is 0.345 e. The van der Waals surface area contributed by atoms with Crippen LogP contribution in [0.1, 0.15) is 5.69 Å². The highest BCUT2D eigenvalue weighted by Crippen LogP contribution is 2.38. The molecule has 1 aromatic carbocycles. The van der Waals surface area contributed by atoms with Crippen molar-refractivity contribution >= 4 is 27.0 Å². The monoisotopic (exact) mass is 330 g/mol. The van der Waals surface area contributed by atoms with E-state index in [9.17, 15) is 13.2 Å². The van der Waals surface area contributed by atoms with Gasteiger partial charge >= 0.3 is 6.18 Å². The minimum absolute atomic E-state index is 0.0983. The lowest BCUT2D eigenvalue weighted by molar-refractivity contribution is -0.141. The van der Waals surface area contributed by atoms with E-state index in [2.05, 4.69) is 31.0 Å². The van der Waals surface area contributed by atoms with Crippen LogP contribution in [-0.4, -0.2) is 20.2 Å².